The highest BCUT2D eigenvalue weighted by Crippen LogP contribution is 2.39. The van der Waals surface area contributed by atoms with Crippen molar-refractivity contribution in [2.24, 2.45) is 5.41 Å². The van der Waals surface area contributed by atoms with Gasteiger partial charge in [-0.1, -0.05) is 32.9 Å². The molecule has 0 radical (unpaired) electrons. The molecule has 0 bridgehead atoms. The van der Waals surface area contributed by atoms with Gasteiger partial charge in [-0.3, -0.25) is 4.90 Å². The van der Waals surface area contributed by atoms with Crippen molar-refractivity contribution in [3.8, 4) is 5.75 Å². The highest BCUT2D eigenvalue weighted by atomic mass is 35.5. The third kappa shape index (κ3) is 5.86. The van der Waals surface area contributed by atoms with Crippen molar-refractivity contribution in [1.29, 1.82) is 0 Å². The van der Waals surface area contributed by atoms with E-state index in [1.54, 1.807) is 6.07 Å². The molecular weight excluding hydrogens is 329 g/mol. The lowest BCUT2D eigenvalue weighted by Gasteiger charge is -2.42. The molecule has 1 N–H and O–H groups in total. The molecule has 23 heavy (non-hydrogen) atoms. The van der Waals surface area contributed by atoms with Crippen LogP contribution < -0.4 is 10.1 Å². The Morgan fingerprint density at radius 2 is 1.74 bits per heavy atom. The average Bonchev–Trinajstić information content (AvgIpc) is 2.37. The second-order valence-electron chi connectivity index (χ2n) is 6.67. The molecular formula is C16H24ClF3N2O. The van der Waals surface area contributed by atoms with Crippen LogP contribution in [0.25, 0.3) is 0 Å². The van der Waals surface area contributed by atoms with Crippen molar-refractivity contribution in [3.05, 3.63) is 29.8 Å². The summed E-state index contributed by atoms with van der Waals surface area (Å²) < 4.78 is 41.3. The van der Waals surface area contributed by atoms with Crippen LogP contribution in [-0.4, -0.2) is 37.4 Å². The van der Waals surface area contributed by atoms with E-state index in [9.17, 15) is 13.2 Å². The maximum atomic E-state index is 12.4. The maximum Gasteiger partial charge on any atom is 0.573 e. The van der Waals surface area contributed by atoms with Crippen LogP contribution in [0.3, 0.4) is 0 Å². The number of nitrogens with one attached hydrogen (secondary N) is 1. The fourth-order valence-electron chi connectivity index (χ4n) is 3.08. The molecule has 0 unspecified atom stereocenters. The number of piperazine rings is 1. The topological polar surface area (TPSA) is 24.5 Å². The van der Waals surface area contributed by atoms with Gasteiger partial charge >= 0.3 is 6.36 Å². The first-order valence-electron chi connectivity index (χ1n) is 7.47. The number of rotatable bonds is 3. The van der Waals surface area contributed by atoms with E-state index < -0.39 is 6.36 Å². The minimum Gasteiger partial charge on any atom is -0.406 e. The summed E-state index contributed by atoms with van der Waals surface area (Å²) in [6.07, 6.45) is -4.66. The molecule has 1 aromatic rings. The van der Waals surface area contributed by atoms with Gasteiger partial charge in [0.2, 0.25) is 0 Å². The highest BCUT2D eigenvalue weighted by molar-refractivity contribution is 5.85. The summed E-state index contributed by atoms with van der Waals surface area (Å²) in [6, 6.07) is 6.39. The summed E-state index contributed by atoms with van der Waals surface area (Å²) in [5, 5.41) is 3.30. The van der Waals surface area contributed by atoms with Crippen molar-refractivity contribution < 1.29 is 17.9 Å². The number of halogens is 4. The Morgan fingerprint density at radius 3 is 2.26 bits per heavy atom. The van der Waals surface area contributed by atoms with E-state index >= 15 is 0 Å². The number of ether oxygens (including phenoxy) is 1. The van der Waals surface area contributed by atoms with Crippen molar-refractivity contribution in [2.45, 2.75) is 33.2 Å². The molecule has 1 fully saturated rings. The lowest BCUT2D eigenvalue weighted by Crippen LogP contribution is -2.48. The SMILES string of the molecule is CC(C)(C)[C@H](c1cccc(OC(F)(F)F)c1)N1CCNCC1.Cl. The lowest BCUT2D eigenvalue weighted by molar-refractivity contribution is -0.274. The summed E-state index contributed by atoms with van der Waals surface area (Å²) in [5.41, 5.74) is 0.768. The van der Waals surface area contributed by atoms with Gasteiger partial charge in [0.25, 0.3) is 0 Å². The zero-order valence-corrected chi connectivity index (χ0v) is 14.4. The van der Waals surface area contributed by atoms with Crippen LogP contribution in [0.15, 0.2) is 24.3 Å². The Morgan fingerprint density at radius 1 is 1.13 bits per heavy atom. The van der Waals surface area contributed by atoms with Crippen LogP contribution in [0.5, 0.6) is 5.75 Å². The standard InChI is InChI=1S/C16H23F3N2O.ClH/c1-15(2,3)14(21-9-7-20-8-10-21)12-5-4-6-13(11-12)22-16(17,18)19;/h4-6,11,14,20H,7-10H2,1-3H3;1H/t14-;/m0./s1. The Bertz CT molecular complexity index is 497. The van der Waals surface area contributed by atoms with Crippen LogP contribution in [0, 0.1) is 5.41 Å². The monoisotopic (exact) mass is 352 g/mol. The quantitative estimate of drug-likeness (QED) is 0.890. The molecule has 0 saturated carbocycles. The average molecular weight is 353 g/mol. The second kappa shape index (κ2) is 7.73. The zero-order chi connectivity index (χ0) is 16.4. The second-order valence-corrected chi connectivity index (χ2v) is 6.67. The van der Waals surface area contributed by atoms with Crippen LogP contribution in [0.2, 0.25) is 0 Å². The lowest BCUT2D eigenvalue weighted by atomic mass is 9.81. The molecule has 1 aromatic carbocycles. The summed E-state index contributed by atoms with van der Waals surface area (Å²) >= 11 is 0. The maximum absolute atomic E-state index is 12.4. The highest BCUT2D eigenvalue weighted by Gasteiger charge is 2.34. The molecule has 1 heterocycles. The van der Waals surface area contributed by atoms with E-state index in [4.69, 9.17) is 0 Å². The van der Waals surface area contributed by atoms with Gasteiger partial charge in [0.05, 0.1) is 0 Å². The van der Waals surface area contributed by atoms with Gasteiger partial charge in [-0.15, -0.1) is 25.6 Å². The predicted molar refractivity (Wildman–Crippen MR) is 87.0 cm³/mol. The van der Waals surface area contributed by atoms with Gasteiger partial charge in [0.15, 0.2) is 0 Å². The minimum atomic E-state index is -4.66. The molecule has 0 aromatic heterocycles. The first-order valence-corrected chi connectivity index (χ1v) is 7.47. The van der Waals surface area contributed by atoms with Crippen molar-refractivity contribution in [1.82, 2.24) is 10.2 Å². The van der Waals surface area contributed by atoms with Crippen LogP contribution >= 0.6 is 12.4 Å². The van der Waals surface area contributed by atoms with Crippen LogP contribution in [-0.2, 0) is 0 Å². The minimum absolute atomic E-state index is 0. The van der Waals surface area contributed by atoms with Gasteiger partial charge in [-0.2, -0.15) is 0 Å². The number of hydrogen-bond acceptors (Lipinski definition) is 3. The van der Waals surface area contributed by atoms with Crippen molar-refractivity contribution >= 4 is 12.4 Å². The van der Waals surface area contributed by atoms with Gasteiger partial charge in [0.1, 0.15) is 5.75 Å². The molecule has 0 spiro atoms. The molecule has 132 valence electrons. The van der Waals surface area contributed by atoms with E-state index in [2.05, 4.69) is 35.7 Å². The molecule has 3 nitrogen and oxygen atoms in total. The molecule has 0 aliphatic carbocycles. The number of hydrogen-bond donors (Lipinski definition) is 1. The van der Waals surface area contributed by atoms with E-state index in [0.717, 1.165) is 31.7 Å². The molecule has 2 rings (SSSR count). The third-order valence-corrected chi connectivity index (χ3v) is 3.74. The Hall–Kier alpha value is -0.980. The molecule has 1 aliphatic heterocycles. The van der Waals surface area contributed by atoms with Gasteiger partial charge in [0, 0.05) is 32.2 Å². The van der Waals surface area contributed by atoms with E-state index in [1.807, 2.05) is 6.07 Å². The molecule has 0 amide bonds. The summed E-state index contributed by atoms with van der Waals surface area (Å²) in [7, 11) is 0. The molecule has 1 saturated heterocycles. The summed E-state index contributed by atoms with van der Waals surface area (Å²) in [5.74, 6) is -0.158. The van der Waals surface area contributed by atoms with E-state index in [-0.39, 0.29) is 29.6 Å². The van der Waals surface area contributed by atoms with Crippen molar-refractivity contribution in [3.63, 3.8) is 0 Å². The summed E-state index contributed by atoms with van der Waals surface area (Å²) in [4.78, 5) is 2.32. The fraction of sp³-hybridized carbons (Fsp3) is 0.625. The van der Waals surface area contributed by atoms with E-state index in [1.165, 1.54) is 12.1 Å². The van der Waals surface area contributed by atoms with E-state index in [0.29, 0.717) is 0 Å². The van der Waals surface area contributed by atoms with Gasteiger partial charge in [-0.25, -0.2) is 0 Å². The molecule has 7 heteroatoms. The van der Waals surface area contributed by atoms with Crippen LogP contribution in [0.1, 0.15) is 32.4 Å². The molecule has 1 aliphatic rings. The Balaban J connectivity index is 0.00000264. The Labute approximate surface area is 141 Å². The normalized spacial score (nSPS) is 18.2. The smallest absolute Gasteiger partial charge is 0.406 e. The van der Waals surface area contributed by atoms with Gasteiger partial charge in [-0.05, 0) is 23.1 Å². The van der Waals surface area contributed by atoms with Crippen LogP contribution in [0.4, 0.5) is 13.2 Å². The first kappa shape index (κ1) is 20.1. The number of alkyl halides is 3. The summed E-state index contributed by atoms with van der Waals surface area (Å²) in [6.45, 7) is 9.88. The third-order valence-electron chi connectivity index (χ3n) is 3.74. The molecule has 1 atom stereocenters. The largest absolute Gasteiger partial charge is 0.573 e. The number of nitrogens with zero attached hydrogens (tertiary/aromatic N) is 1. The van der Waals surface area contributed by atoms with Gasteiger partial charge < -0.3 is 10.1 Å². The Kier molecular flexibility index (Phi) is 6.74. The zero-order valence-electron chi connectivity index (χ0n) is 13.6. The van der Waals surface area contributed by atoms with Crippen molar-refractivity contribution in [2.75, 3.05) is 26.2 Å². The fourth-order valence-corrected chi connectivity index (χ4v) is 3.08. The number of benzene rings is 1. The first-order chi connectivity index (χ1) is 10.2. The predicted octanol–water partition coefficient (Wildman–Crippen LogP) is 4.00.